The Morgan fingerprint density at radius 3 is 2.75 bits per heavy atom. The Morgan fingerprint density at radius 1 is 1.62 bits per heavy atom. The van der Waals surface area contributed by atoms with E-state index < -0.39 is 5.82 Å². The molecule has 0 aliphatic carbocycles. The van der Waals surface area contributed by atoms with Crippen LogP contribution in [-0.4, -0.2) is 26.5 Å². The normalized spacial score (nSPS) is 10.3. The fraction of sp³-hybridized carbons (Fsp3) is 0.364. The predicted octanol–water partition coefficient (Wildman–Crippen LogP) is 2.20. The standard InChI is InChI=1S/C11H13ClFNO2/c1-6-10(13)8(12)4-7(11(6)16-3)9(15)5-14-2/h4,14H,5H2,1-3H3. The summed E-state index contributed by atoms with van der Waals surface area (Å²) < 4.78 is 18.5. The smallest absolute Gasteiger partial charge is 0.180 e. The van der Waals surface area contributed by atoms with E-state index in [4.69, 9.17) is 16.3 Å². The molecule has 0 aliphatic heterocycles. The predicted molar refractivity (Wildman–Crippen MR) is 61.0 cm³/mol. The lowest BCUT2D eigenvalue weighted by atomic mass is 10.1. The molecule has 0 aromatic heterocycles. The topological polar surface area (TPSA) is 38.3 Å². The summed E-state index contributed by atoms with van der Waals surface area (Å²) in [5.74, 6) is -0.508. The minimum Gasteiger partial charge on any atom is -0.496 e. The Morgan fingerprint density at radius 2 is 2.25 bits per heavy atom. The number of halogens is 2. The van der Waals surface area contributed by atoms with Crippen LogP contribution in [0.15, 0.2) is 6.07 Å². The summed E-state index contributed by atoms with van der Waals surface area (Å²) in [6.07, 6.45) is 0. The van der Waals surface area contributed by atoms with Gasteiger partial charge >= 0.3 is 0 Å². The molecule has 0 saturated heterocycles. The van der Waals surface area contributed by atoms with E-state index in [1.54, 1.807) is 7.05 Å². The summed E-state index contributed by atoms with van der Waals surface area (Å²) in [6.45, 7) is 1.67. The minimum atomic E-state index is -0.556. The van der Waals surface area contributed by atoms with Crippen LogP contribution in [0.1, 0.15) is 15.9 Å². The third-order valence-corrected chi connectivity index (χ3v) is 2.51. The molecule has 0 spiro atoms. The van der Waals surface area contributed by atoms with Crippen LogP contribution in [0.3, 0.4) is 0 Å². The van der Waals surface area contributed by atoms with Gasteiger partial charge in [0.25, 0.3) is 0 Å². The molecule has 88 valence electrons. The Kier molecular flexibility index (Phi) is 4.26. The molecule has 16 heavy (non-hydrogen) atoms. The lowest BCUT2D eigenvalue weighted by molar-refractivity contribution is 0.0990. The van der Waals surface area contributed by atoms with Crippen LogP contribution >= 0.6 is 11.6 Å². The van der Waals surface area contributed by atoms with Crippen molar-refractivity contribution in [2.75, 3.05) is 20.7 Å². The van der Waals surface area contributed by atoms with Crippen molar-refractivity contribution in [2.45, 2.75) is 6.92 Å². The molecule has 1 aromatic carbocycles. The molecule has 0 unspecified atom stereocenters. The molecule has 0 amide bonds. The number of Topliss-reactive ketones (excluding diaryl/α,β-unsaturated/α-hetero) is 1. The molecule has 0 atom stereocenters. The maximum absolute atomic E-state index is 13.5. The highest BCUT2D eigenvalue weighted by atomic mass is 35.5. The van der Waals surface area contributed by atoms with Gasteiger partial charge in [0.05, 0.1) is 24.2 Å². The second-order valence-electron chi connectivity index (χ2n) is 3.33. The third-order valence-electron chi connectivity index (χ3n) is 2.24. The second-order valence-corrected chi connectivity index (χ2v) is 3.74. The van der Waals surface area contributed by atoms with E-state index in [1.165, 1.54) is 20.1 Å². The Bertz CT molecular complexity index is 421. The number of ether oxygens (including phenoxy) is 1. The van der Waals surface area contributed by atoms with Crippen LogP contribution in [0, 0.1) is 12.7 Å². The SMILES string of the molecule is CNCC(=O)c1cc(Cl)c(F)c(C)c1OC. The van der Waals surface area contributed by atoms with Crippen molar-refractivity contribution in [3.63, 3.8) is 0 Å². The van der Waals surface area contributed by atoms with Crippen molar-refractivity contribution in [1.29, 1.82) is 0 Å². The van der Waals surface area contributed by atoms with Gasteiger partial charge in [0.15, 0.2) is 5.78 Å². The van der Waals surface area contributed by atoms with E-state index in [0.29, 0.717) is 5.56 Å². The van der Waals surface area contributed by atoms with E-state index in [2.05, 4.69) is 5.32 Å². The number of benzene rings is 1. The van der Waals surface area contributed by atoms with Crippen LogP contribution < -0.4 is 10.1 Å². The fourth-order valence-electron chi connectivity index (χ4n) is 1.46. The number of likely N-dealkylation sites (N-methyl/N-ethyl adjacent to an activating group) is 1. The van der Waals surface area contributed by atoms with Crippen LogP contribution in [0.2, 0.25) is 5.02 Å². The number of nitrogens with one attached hydrogen (secondary N) is 1. The van der Waals surface area contributed by atoms with Gasteiger partial charge in [-0.3, -0.25) is 4.79 Å². The van der Waals surface area contributed by atoms with Crippen LogP contribution in [0.5, 0.6) is 5.75 Å². The van der Waals surface area contributed by atoms with Gasteiger partial charge in [-0.05, 0) is 20.0 Å². The van der Waals surface area contributed by atoms with Crippen molar-refractivity contribution >= 4 is 17.4 Å². The summed E-state index contributed by atoms with van der Waals surface area (Å²) in [7, 11) is 3.05. The zero-order valence-electron chi connectivity index (χ0n) is 9.36. The molecule has 0 heterocycles. The van der Waals surface area contributed by atoms with Gasteiger partial charge in [0.1, 0.15) is 11.6 Å². The van der Waals surface area contributed by atoms with Crippen molar-refractivity contribution in [1.82, 2.24) is 5.32 Å². The molecular formula is C11H13ClFNO2. The molecular weight excluding hydrogens is 233 g/mol. The molecule has 0 radical (unpaired) electrons. The van der Waals surface area contributed by atoms with Gasteiger partial charge in [-0.2, -0.15) is 0 Å². The zero-order valence-corrected chi connectivity index (χ0v) is 10.1. The molecule has 0 saturated carbocycles. The van der Waals surface area contributed by atoms with E-state index in [9.17, 15) is 9.18 Å². The van der Waals surface area contributed by atoms with E-state index in [1.807, 2.05) is 0 Å². The number of carbonyl (C=O) groups is 1. The lowest BCUT2D eigenvalue weighted by Crippen LogP contribution is -2.19. The number of hydrogen-bond acceptors (Lipinski definition) is 3. The Balaban J connectivity index is 3.33. The first kappa shape index (κ1) is 12.9. The van der Waals surface area contributed by atoms with Crippen LogP contribution in [0.4, 0.5) is 4.39 Å². The van der Waals surface area contributed by atoms with Gasteiger partial charge in [0, 0.05) is 5.56 Å². The largest absolute Gasteiger partial charge is 0.496 e. The average molecular weight is 246 g/mol. The number of carbonyl (C=O) groups excluding carboxylic acids is 1. The number of hydrogen-bond donors (Lipinski definition) is 1. The quantitative estimate of drug-likeness (QED) is 0.827. The first-order valence-electron chi connectivity index (χ1n) is 4.73. The molecule has 0 fully saturated rings. The molecule has 1 aromatic rings. The maximum Gasteiger partial charge on any atom is 0.180 e. The average Bonchev–Trinajstić information content (AvgIpc) is 2.26. The monoisotopic (exact) mass is 245 g/mol. The van der Waals surface area contributed by atoms with Gasteiger partial charge < -0.3 is 10.1 Å². The highest BCUT2D eigenvalue weighted by Crippen LogP contribution is 2.31. The highest BCUT2D eigenvalue weighted by molar-refractivity contribution is 6.31. The molecule has 1 rings (SSSR count). The van der Waals surface area contributed by atoms with Gasteiger partial charge in [-0.25, -0.2) is 4.39 Å². The summed E-state index contributed by atoms with van der Waals surface area (Å²) in [5, 5.41) is 2.66. The Labute approximate surface area is 98.5 Å². The van der Waals surface area contributed by atoms with Gasteiger partial charge in [-0.1, -0.05) is 11.6 Å². The van der Waals surface area contributed by atoms with Crippen molar-refractivity contribution in [3.8, 4) is 5.75 Å². The van der Waals surface area contributed by atoms with E-state index in [-0.39, 0.29) is 28.7 Å². The van der Waals surface area contributed by atoms with Gasteiger partial charge in [0.2, 0.25) is 0 Å². The maximum atomic E-state index is 13.5. The second kappa shape index (κ2) is 5.27. The minimum absolute atomic E-state index is 0.0715. The fourth-order valence-corrected chi connectivity index (χ4v) is 1.71. The summed E-state index contributed by atoms with van der Waals surface area (Å²) in [5.41, 5.74) is 0.537. The number of ketones is 1. The highest BCUT2D eigenvalue weighted by Gasteiger charge is 2.19. The molecule has 0 bridgehead atoms. The van der Waals surface area contributed by atoms with Crippen LogP contribution in [0.25, 0.3) is 0 Å². The van der Waals surface area contributed by atoms with Crippen molar-refractivity contribution in [2.24, 2.45) is 0 Å². The third kappa shape index (κ3) is 2.33. The van der Waals surface area contributed by atoms with Gasteiger partial charge in [-0.15, -0.1) is 0 Å². The molecule has 1 N–H and O–H groups in total. The van der Waals surface area contributed by atoms with Crippen molar-refractivity contribution in [3.05, 3.63) is 28.0 Å². The molecule has 0 aliphatic rings. The zero-order chi connectivity index (χ0) is 12.3. The van der Waals surface area contributed by atoms with Crippen molar-refractivity contribution < 1.29 is 13.9 Å². The van der Waals surface area contributed by atoms with Crippen LogP contribution in [-0.2, 0) is 0 Å². The first-order valence-corrected chi connectivity index (χ1v) is 5.11. The number of methoxy groups -OCH3 is 1. The molecule has 5 heteroatoms. The Hall–Kier alpha value is -1.13. The lowest BCUT2D eigenvalue weighted by Gasteiger charge is -2.12. The summed E-state index contributed by atoms with van der Waals surface area (Å²) in [4.78, 5) is 11.7. The first-order chi connectivity index (χ1) is 7.52. The molecule has 3 nitrogen and oxygen atoms in total. The van der Waals surface area contributed by atoms with E-state index in [0.717, 1.165) is 0 Å². The number of rotatable bonds is 4. The van der Waals surface area contributed by atoms with E-state index >= 15 is 0 Å². The summed E-state index contributed by atoms with van der Waals surface area (Å²) in [6, 6.07) is 1.29. The summed E-state index contributed by atoms with van der Waals surface area (Å²) >= 11 is 5.69.